The SMILES string of the molecule is CCNC(=NCc1nc(C)no1)NCCOc1ccccc1.I. The predicted molar refractivity (Wildman–Crippen MR) is 99.2 cm³/mol. The average Bonchev–Trinajstić information content (AvgIpc) is 2.95. The first-order chi connectivity index (χ1) is 10.8. The predicted octanol–water partition coefficient (Wildman–Crippen LogP) is 2.13. The Morgan fingerprint density at radius 1 is 1.26 bits per heavy atom. The van der Waals surface area contributed by atoms with Crippen molar-refractivity contribution in [3.63, 3.8) is 0 Å². The summed E-state index contributed by atoms with van der Waals surface area (Å²) in [6.07, 6.45) is 0. The standard InChI is InChI=1S/C15H21N5O2.HI/c1-3-16-15(18-11-14-19-12(2)20-22-14)17-9-10-21-13-7-5-4-6-8-13;/h4-8H,3,9-11H2,1-2H3,(H2,16,17,18);1H. The number of halogens is 1. The molecule has 1 aromatic carbocycles. The zero-order chi connectivity index (χ0) is 15.6. The summed E-state index contributed by atoms with van der Waals surface area (Å²) in [5.74, 6) is 2.65. The van der Waals surface area contributed by atoms with E-state index in [1.165, 1.54) is 0 Å². The Hall–Kier alpha value is -1.84. The summed E-state index contributed by atoms with van der Waals surface area (Å²) in [5.41, 5.74) is 0. The number of nitrogens with zero attached hydrogens (tertiary/aromatic N) is 3. The summed E-state index contributed by atoms with van der Waals surface area (Å²) in [6, 6.07) is 9.70. The van der Waals surface area contributed by atoms with Crippen molar-refractivity contribution >= 4 is 29.9 Å². The van der Waals surface area contributed by atoms with Gasteiger partial charge in [0.1, 0.15) is 18.9 Å². The van der Waals surface area contributed by atoms with E-state index in [0.29, 0.717) is 37.4 Å². The van der Waals surface area contributed by atoms with Gasteiger partial charge in [-0.1, -0.05) is 23.4 Å². The van der Waals surface area contributed by atoms with Crippen LogP contribution >= 0.6 is 24.0 Å². The molecule has 23 heavy (non-hydrogen) atoms. The minimum atomic E-state index is 0. The molecule has 0 radical (unpaired) electrons. The minimum absolute atomic E-state index is 0. The lowest BCUT2D eigenvalue weighted by atomic mass is 10.3. The van der Waals surface area contributed by atoms with Crippen molar-refractivity contribution in [3.8, 4) is 5.75 Å². The number of aromatic nitrogens is 2. The van der Waals surface area contributed by atoms with Crippen LogP contribution in [-0.2, 0) is 6.54 Å². The molecule has 0 aliphatic heterocycles. The van der Waals surface area contributed by atoms with Crippen LogP contribution in [0.15, 0.2) is 39.8 Å². The molecule has 126 valence electrons. The maximum atomic E-state index is 5.61. The molecule has 1 heterocycles. The molecule has 0 aliphatic rings. The minimum Gasteiger partial charge on any atom is -0.492 e. The van der Waals surface area contributed by atoms with Crippen molar-refractivity contribution in [2.75, 3.05) is 19.7 Å². The van der Waals surface area contributed by atoms with Crippen molar-refractivity contribution < 1.29 is 9.26 Å². The van der Waals surface area contributed by atoms with Crippen LogP contribution in [0, 0.1) is 6.92 Å². The zero-order valence-electron chi connectivity index (χ0n) is 13.3. The normalized spacial score (nSPS) is 10.8. The monoisotopic (exact) mass is 431 g/mol. The van der Waals surface area contributed by atoms with Crippen molar-refractivity contribution in [2.45, 2.75) is 20.4 Å². The Morgan fingerprint density at radius 2 is 2.04 bits per heavy atom. The number of nitrogens with one attached hydrogen (secondary N) is 2. The van der Waals surface area contributed by atoms with Gasteiger partial charge >= 0.3 is 0 Å². The molecule has 2 aromatic rings. The lowest BCUT2D eigenvalue weighted by molar-refractivity contribution is 0.322. The Bertz CT molecular complexity index is 589. The maximum Gasteiger partial charge on any atom is 0.248 e. The van der Waals surface area contributed by atoms with Crippen LogP contribution in [0.1, 0.15) is 18.6 Å². The molecule has 0 amide bonds. The van der Waals surface area contributed by atoms with Crippen LogP contribution in [0.25, 0.3) is 0 Å². The topological polar surface area (TPSA) is 84.6 Å². The van der Waals surface area contributed by atoms with Gasteiger partial charge in [-0.05, 0) is 26.0 Å². The van der Waals surface area contributed by atoms with Gasteiger partial charge in [0.2, 0.25) is 5.89 Å². The van der Waals surface area contributed by atoms with Crippen LogP contribution in [0.5, 0.6) is 5.75 Å². The van der Waals surface area contributed by atoms with Crippen LogP contribution in [0.3, 0.4) is 0 Å². The Balaban J connectivity index is 0.00000264. The van der Waals surface area contributed by atoms with Crippen LogP contribution < -0.4 is 15.4 Å². The molecular formula is C15H22IN5O2. The number of aliphatic imine (C=N–C) groups is 1. The van der Waals surface area contributed by atoms with E-state index >= 15 is 0 Å². The van der Waals surface area contributed by atoms with Crippen LogP contribution in [-0.4, -0.2) is 35.8 Å². The maximum absolute atomic E-state index is 5.61. The molecule has 0 aliphatic carbocycles. The van der Waals surface area contributed by atoms with Gasteiger partial charge in [0.05, 0.1) is 6.54 Å². The van der Waals surface area contributed by atoms with Crippen molar-refractivity contribution in [1.82, 2.24) is 20.8 Å². The lowest BCUT2D eigenvalue weighted by Gasteiger charge is -2.11. The number of aryl methyl sites for hydroxylation is 1. The largest absolute Gasteiger partial charge is 0.492 e. The molecule has 2 rings (SSSR count). The summed E-state index contributed by atoms with van der Waals surface area (Å²) in [5, 5.41) is 10.1. The van der Waals surface area contributed by atoms with Crippen molar-refractivity contribution in [3.05, 3.63) is 42.0 Å². The zero-order valence-corrected chi connectivity index (χ0v) is 15.6. The number of rotatable bonds is 7. The highest BCUT2D eigenvalue weighted by Gasteiger charge is 2.02. The first kappa shape index (κ1) is 19.2. The summed E-state index contributed by atoms with van der Waals surface area (Å²) < 4.78 is 10.6. The molecule has 0 atom stereocenters. The van der Waals surface area contributed by atoms with Gasteiger partial charge in [-0.2, -0.15) is 4.98 Å². The fraction of sp³-hybridized carbons (Fsp3) is 0.400. The molecule has 0 fully saturated rings. The second-order valence-corrected chi connectivity index (χ2v) is 4.52. The van der Waals surface area contributed by atoms with Crippen molar-refractivity contribution in [1.29, 1.82) is 0 Å². The Morgan fingerprint density at radius 3 is 2.70 bits per heavy atom. The third-order valence-electron chi connectivity index (χ3n) is 2.69. The smallest absolute Gasteiger partial charge is 0.248 e. The van der Waals surface area contributed by atoms with E-state index in [2.05, 4.69) is 25.8 Å². The van der Waals surface area contributed by atoms with E-state index in [0.717, 1.165) is 12.3 Å². The van der Waals surface area contributed by atoms with Crippen LogP contribution in [0.4, 0.5) is 0 Å². The highest BCUT2D eigenvalue weighted by Crippen LogP contribution is 2.07. The molecule has 0 spiro atoms. The number of hydrogen-bond donors (Lipinski definition) is 2. The number of hydrogen-bond acceptors (Lipinski definition) is 5. The highest BCUT2D eigenvalue weighted by atomic mass is 127. The molecule has 0 unspecified atom stereocenters. The second-order valence-electron chi connectivity index (χ2n) is 4.52. The van der Waals surface area contributed by atoms with E-state index in [4.69, 9.17) is 9.26 Å². The summed E-state index contributed by atoms with van der Waals surface area (Å²) in [6.45, 7) is 6.09. The van der Waals surface area contributed by atoms with E-state index in [1.54, 1.807) is 6.92 Å². The van der Waals surface area contributed by atoms with E-state index in [1.807, 2.05) is 37.3 Å². The Kier molecular flexibility index (Phi) is 9.03. The van der Waals surface area contributed by atoms with Crippen molar-refractivity contribution in [2.24, 2.45) is 4.99 Å². The van der Waals surface area contributed by atoms with Crippen LogP contribution in [0.2, 0.25) is 0 Å². The van der Waals surface area contributed by atoms with E-state index in [9.17, 15) is 0 Å². The number of ether oxygens (including phenoxy) is 1. The fourth-order valence-corrected chi connectivity index (χ4v) is 1.75. The summed E-state index contributed by atoms with van der Waals surface area (Å²) >= 11 is 0. The molecule has 7 nitrogen and oxygen atoms in total. The van der Waals surface area contributed by atoms with Gasteiger partial charge in [-0.3, -0.25) is 0 Å². The first-order valence-electron chi connectivity index (χ1n) is 7.27. The van der Waals surface area contributed by atoms with Gasteiger partial charge in [-0.25, -0.2) is 4.99 Å². The third-order valence-corrected chi connectivity index (χ3v) is 2.69. The van der Waals surface area contributed by atoms with Gasteiger partial charge in [-0.15, -0.1) is 24.0 Å². The van der Waals surface area contributed by atoms with Gasteiger partial charge in [0.15, 0.2) is 11.8 Å². The number of benzene rings is 1. The summed E-state index contributed by atoms with van der Waals surface area (Å²) in [7, 11) is 0. The van der Waals surface area contributed by atoms with Gasteiger partial charge in [0.25, 0.3) is 0 Å². The average molecular weight is 431 g/mol. The van der Waals surface area contributed by atoms with E-state index in [-0.39, 0.29) is 24.0 Å². The molecule has 0 saturated carbocycles. The van der Waals surface area contributed by atoms with Gasteiger partial charge < -0.3 is 19.9 Å². The first-order valence-corrected chi connectivity index (χ1v) is 7.27. The van der Waals surface area contributed by atoms with Gasteiger partial charge in [0, 0.05) is 6.54 Å². The number of guanidine groups is 1. The molecule has 2 N–H and O–H groups in total. The third kappa shape index (κ3) is 7.31. The molecule has 0 bridgehead atoms. The second kappa shape index (κ2) is 10.8. The fourth-order valence-electron chi connectivity index (χ4n) is 1.75. The number of para-hydroxylation sites is 1. The highest BCUT2D eigenvalue weighted by molar-refractivity contribution is 14.0. The molecule has 0 saturated heterocycles. The molecule has 8 heteroatoms. The van der Waals surface area contributed by atoms with E-state index < -0.39 is 0 Å². The molecule has 1 aromatic heterocycles. The summed E-state index contributed by atoms with van der Waals surface area (Å²) in [4.78, 5) is 8.50. The lowest BCUT2D eigenvalue weighted by Crippen LogP contribution is -2.39. The Labute approximate surface area is 152 Å². The quantitative estimate of drug-likeness (QED) is 0.303. The molecular weight excluding hydrogens is 409 g/mol.